The summed E-state index contributed by atoms with van der Waals surface area (Å²) < 4.78 is 57.8. The van der Waals surface area contributed by atoms with Crippen molar-refractivity contribution >= 4 is 15.9 Å². The van der Waals surface area contributed by atoms with Crippen LogP contribution in [0.2, 0.25) is 0 Å². The highest BCUT2D eigenvalue weighted by Crippen LogP contribution is 2.24. The molecule has 0 spiro atoms. The van der Waals surface area contributed by atoms with Crippen molar-refractivity contribution in [2.45, 2.75) is 30.7 Å². The number of hydrogen-bond acceptors (Lipinski definition) is 5. The summed E-state index contributed by atoms with van der Waals surface area (Å²) in [7, 11) is -0.603. The zero-order chi connectivity index (χ0) is 23.5. The highest BCUT2D eigenvalue weighted by molar-refractivity contribution is 7.89. The van der Waals surface area contributed by atoms with Crippen LogP contribution in [0.4, 0.5) is 8.78 Å². The summed E-state index contributed by atoms with van der Waals surface area (Å²) >= 11 is 0. The Morgan fingerprint density at radius 1 is 1.16 bits per heavy atom. The van der Waals surface area contributed by atoms with Gasteiger partial charge in [0.05, 0.1) is 22.7 Å². The maximum atomic E-state index is 13.9. The molecule has 10 heteroatoms. The van der Waals surface area contributed by atoms with Crippen molar-refractivity contribution in [3.8, 4) is 11.3 Å². The summed E-state index contributed by atoms with van der Waals surface area (Å²) in [5.41, 5.74) is 0.837. The molecule has 170 valence electrons. The molecule has 0 aliphatic carbocycles. The van der Waals surface area contributed by atoms with E-state index in [4.69, 9.17) is 4.42 Å². The predicted octanol–water partition coefficient (Wildman–Crippen LogP) is 3.68. The maximum Gasteiger partial charge on any atom is 0.242 e. The Kier molecular flexibility index (Phi) is 7.05. The molecule has 0 aliphatic heterocycles. The molecule has 0 bridgehead atoms. The molecule has 7 nitrogen and oxygen atoms in total. The van der Waals surface area contributed by atoms with Gasteiger partial charge < -0.3 is 9.73 Å². The first kappa shape index (κ1) is 23.6. The van der Waals surface area contributed by atoms with Gasteiger partial charge in [-0.05, 0) is 36.8 Å². The Morgan fingerprint density at radius 3 is 2.47 bits per heavy atom. The van der Waals surface area contributed by atoms with Crippen molar-refractivity contribution in [2.75, 3.05) is 14.1 Å². The van der Waals surface area contributed by atoms with Crippen molar-refractivity contribution in [1.82, 2.24) is 14.6 Å². The van der Waals surface area contributed by atoms with Crippen LogP contribution in [-0.2, 0) is 21.2 Å². The molecule has 0 saturated carbocycles. The van der Waals surface area contributed by atoms with Crippen molar-refractivity contribution in [1.29, 1.82) is 0 Å². The summed E-state index contributed by atoms with van der Waals surface area (Å²) in [6.07, 6.45) is 1.61. The number of nitrogens with one attached hydrogen (secondary N) is 1. The van der Waals surface area contributed by atoms with Gasteiger partial charge in [0.25, 0.3) is 0 Å². The number of carbonyl (C=O) groups is 1. The van der Waals surface area contributed by atoms with Crippen LogP contribution in [-0.4, -0.2) is 37.7 Å². The van der Waals surface area contributed by atoms with Gasteiger partial charge in [0, 0.05) is 33.0 Å². The second-order valence-electron chi connectivity index (χ2n) is 7.39. The molecule has 1 N–H and O–H groups in total. The number of benzene rings is 2. The largest absolute Gasteiger partial charge is 0.441 e. The van der Waals surface area contributed by atoms with Gasteiger partial charge in [0.1, 0.15) is 11.6 Å². The molecular formula is C22H23F2N3O4S. The van der Waals surface area contributed by atoms with Gasteiger partial charge >= 0.3 is 0 Å². The summed E-state index contributed by atoms with van der Waals surface area (Å²) in [5.74, 6) is -1.30. The fourth-order valence-electron chi connectivity index (χ4n) is 3.00. The first-order chi connectivity index (χ1) is 15.1. The van der Waals surface area contributed by atoms with E-state index in [1.54, 1.807) is 19.1 Å². The molecule has 1 unspecified atom stereocenters. The molecule has 0 radical (unpaired) electrons. The van der Waals surface area contributed by atoms with Crippen molar-refractivity contribution in [3.63, 3.8) is 0 Å². The molecule has 3 rings (SSSR count). The number of carbonyl (C=O) groups excluding carboxylic acids is 1. The predicted molar refractivity (Wildman–Crippen MR) is 114 cm³/mol. The van der Waals surface area contributed by atoms with E-state index in [0.29, 0.717) is 0 Å². The molecule has 0 aliphatic rings. The van der Waals surface area contributed by atoms with Gasteiger partial charge in [-0.3, -0.25) is 4.79 Å². The number of nitrogens with zero attached hydrogens (tertiary/aromatic N) is 2. The number of halogens is 2. The zero-order valence-electron chi connectivity index (χ0n) is 17.8. The Hall–Kier alpha value is -3.11. The number of hydrogen-bond donors (Lipinski definition) is 1. The van der Waals surface area contributed by atoms with E-state index >= 15 is 0 Å². The molecule has 32 heavy (non-hydrogen) atoms. The Labute approximate surface area is 185 Å². The Balaban J connectivity index is 1.57. The van der Waals surface area contributed by atoms with E-state index in [0.717, 1.165) is 22.0 Å². The Morgan fingerprint density at radius 2 is 1.84 bits per heavy atom. The fourth-order valence-corrected chi connectivity index (χ4v) is 3.90. The summed E-state index contributed by atoms with van der Waals surface area (Å²) in [6, 6.07) is 9.10. The standard InChI is InChI=1S/C22H23F2N3O4S/c1-14(15-4-7-17(8-5-15)32(29,30)27(2)3)26-21(28)10-11-22-25-13-20(31-22)18-9-6-16(23)12-19(18)24/h4-9,12-14H,10-11H2,1-3H3,(H,26,28). The van der Waals surface area contributed by atoms with Crippen LogP contribution in [0, 0.1) is 11.6 Å². The minimum atomic E-state index is -3.52. The third-order valence-electron chi connectivity index (χ3n) is 4.85. The van der Waals surface area contributed by atoms with E-state index in [-0.39, 0.29) is 46.9 Å². The van der Waals surface area contributed by atoms with Crippen LogP contribution < -0.4 is 5.32 Å². The number of oxazole rings is 1. The van der Waals surface area contributed by atoms with E-state index in [1.165, 1.54) is 38.5 Å². The topological polar surface area (TPSA) is 92.5 Å². The second-order valence-corrected chi connectivity index (χ2v) is 9.54. The lowest BCUT2D eigenvalue weighted by molar-refractivity contribution is -0.121. The molecule has 2 aromatic carbocycles. The van der Waals surface area contributed by atoms with E-state index < -0.39 is 21.7 Å². The van der Waals surface area contributed by atoms with Gasteiger partial charge in [-0.15, -0.1) is 0 Å². The van der Waals surface area contributed by atoms with Crippen LogP contribution in [0.5, 0.6) is 0 Å². The Bertz CT molecular complexity index is 1210. The zero-order valence-corrected chi connectivity index (χ0v) is 18.6. The van der Waals surface area contributed by atoms with E-state index in [1.807, 2.05) is 0 Å². The van der Waals surface area contributed by atoms with Crippen LogP contribution in [0.1, 0.15) is 30.8 Å². The van der Waals surface area contributed by atoms with Crippen LogP contribution >= 0.6 is 0 Å². The van der Waals surface area contributed by atoms with E-state index in [2.05, 4.69) is 10.3 Å². The number of aryl methyl sites for hydroxylation is 1. The quantitative estimate of drug-likeness (QED) is 0.550. The molecule has 1 aromatic heterocycles. The summed E-state index contributed by atoms with van der Waals surface area (Å²) in [4.78, 5) is 16.5. The van der Waals surface area contributed by atoms with Gasteiger partial charge in [-0.2, -0.15) is 0 Å². The summed E-state index contributed by atoms with van der Waals surface area (Å²) in [5, 5.41) is 2.83. The monoisotopic (exact) mass is 463 g/mol. The second kappa shape index (κ2) is 9.58. The first-order valence-corrected chi connectivity index (χ1v) is 11.2. The molecule has 1 amide bonds. The minimum absolute atomic E-state index is 0.0861. The van der Waals surface area contributed by atoms with Crippen molar-refractivity contribution in [3.05, 3.63) is 71.8 Å². The average molecular weight is 464 g/mol. The molecule has 0 fully saturated rings. The van der Waals surface area contributed by atoms with Gasteiger partial charge in [-0.25, -0.2) is 26.5 Å². The average Bonchev–Trinajstić information content (AvgIpc) is 3.21. The lowest BCUT2D eigenvalue weighted by atomic mass is 10.1. The molecular weight excluding hydrogens is 440 g/mol. The highest BCUT2D eigenvalue weighted by Gasteiger charge is 2.18. The SMILES string of the molecule is CC(NC(=O)CCc1ncc(-c2ccc(F)cc2F)o1)c1ccc(S(=O)(=O)N(C)C)cc1. The number of rotatable bonds is 8. The number of aromatic nitrogens is 1. The van der Waals surface area contributed by atoms with Crippen LogP contribution in [0.3, 0.4) is 0 Å². The van der Waals surface area contributed by atoms with Crippen molar-refractivity contribution in [2.24, 2.45) is 0 Å². The van der Waals surface area contributed by atoms with E-state index in [9.17, 15) is 22.0 Å². The minimum Gasteiger partial charge on any atom is -0.441 e. The third kappa shape index (κ3) is 5.38. The van der Waals surface area contributed by atoms with Crippen molar-refractivity contribution < 1.29 is 26.4 Å². The van der Waals surface area contributed by atoms with Crippen LogP contribution in [0.25, 0.3) is 11.3 Å². The highest BCUT2D eigenvalue weighted by atomic mass is 32.2. The molecule has 3 aromatic rings. The molecule has 1 heterocycles. The van der Waals surface area contributed by atoms with Gasteiger partial charge in [-0.1, -0.05) is 12.1 Å². The maximum absolute atomic E-state index is 13.9. The summed E-state index contributed by atoms with van der Waals surface area (Å²) in [6.45, 7) is 1.79. The number of sulfonamides is 1. The number of amides is 1. The normalized spacial score (nSPS) is 12.7. The fraction of sp³-hybridized carbons (Fsp3) is 0.273. The molecule has 1 atom stereocenters. The third-order valence-corrected chi connectivity index (χ3v) is 6.68. The van der Waals surface area contributed by atoms with Gasteiger partial charge in [0.15, 0.2) is 11.7 Å². The lowest BCUT2D eigenvalue weighted by Crippen LogP contribution is -2.27. The first-order valence-electron chi connectivity index (χ1n) is 9.80. The van der Waals surface area contributed by atoms with Crippen LogP contribution in [0.15, 0.2) is 58.0 Å². The van der Waals surface area contributed by atoms with Gasteiger partial charge in [0.2, 0.25) is 15.9 Å². The lowest BCUT2D eigenvalue weighted by Gasteiger charge is -2.16. The molecule has 0 saturated heterocycles. The smallest absolute Gasteiger partial charge is 0.242 e.